The summed E-state index contributed by atoms with van der Waals surface area (Å²) in [5, 5.41) is 11.7. The highest BCUT2D eigenvalue weighted by Gasteiger charge is 2.30. The van der Waals surface area contributed by atoms with E-state index in [0.717, 1.165) is 23.3 Å². The summed E-state index contributed by atoms with van der Waals surface area (Å²) >= 11 is 1.17. The molecule has 4 rings (SSSR count). The molecule has 164 valence electrons. The van der Waals surface area contributed by atoms with Gasteiger partial charge in [0, 0.05) is 11.1 Å². The van der Waals surface area contributed by atoms with Gasteiger partial charge in [-0.05, 0) is 59.8 Å². The van der Waals surface area contributed by atoms with Crippen molar-refractivity contribution in [3.05, 3.63) is 70.0 Å². The van der Waals surface area contributed by atoms with Crippen molar-refractivity contribution in [3.63, 3.8) is 0 Å². The quantitative estimate of drug-likeness (QED) is 0.373. The average Bonchev–Trinajstić information content (AvgIpc) is 3.40. The van der Waals surface area contributed by atoms with Crippen LogP contribution in [0.3, 0.4) is 0 Å². The van der Waals surface area contributed by atoms with Crippen LogP contribution in [0.4, 0.5) is 18.9 Å². The monoisotopic (exact) mass is 459 g/mol. The number of nitrogens with one attached hydrogen (secondary N) is 2. The third kappa shape index (κ3) is 4.35. The van der Waals surface area contributed by atoms with Crippen LogP contribution in [0, 0.1) is 0 Å². The number of halogens is 3. The Bertz CT molecular complexity index is 1310. The molecule has 0 aliphatic heterocycles. The van der Waals surface area contributed by atoms with E-state index in [1.54, 1.807) is 36.6 Å². The highest BCUT2D eigenvalue weighted by atomic mass is 32.1. The molecule has 10 heteroatoms. The van der Waals surface area contributed by atoms with Crippen LogP contribution in [0.15, 0.2) is 53.9 Å². The van der Waals surface area contributed by atoms with Crippen LogP contribution in [0.25, 0.3) is 22.0 Å². The number of ether oxygens (including phenoxy) is 1. The predicted molar refractivity (Wildman–Crippen MR) is 115 cm³/mol. The number of nitrogens with zero attached hydrogens (tertiary/aromatic N) is 1. The first-order valence-corrected chi connectivity index (χ1v) is 10.4. The number of hydrogen-bond acceptors (Lipinski definition) is 5. The summed E-state index contributed by atoms with van der Waals surface area (Å²) in [7, 11) is 0. The van der Waals surface area contributed by atoms with E-state index >= 15 is 0 Å². The number of hydrogen-bond donors (Lipinski definition) is 2. The van der Waals surface area contributed by atoms with Crippen molar-refractivity contribution in [2.24, 2.45) is 0 Å². The van der Waals surface area contributed by atoms with Crippen molar-refractivity contribution in [2.75, 3.05) is 11.9 Å². The fourth-order valence-electron chi connectivity index (χ4n) is 3.13. The molecule has 0 atom stereocenters. The summed E-state index contributed by atoms with van der Waals surface area (Å²) in [6, 6.07) is 11.4. The van der Waals surface area contributed by atoms with Crippen LogP contribution in [0.1, 0.15) is 32.6 Å². The van der Waals surface area contributed by atoms with Gasteiger partial charge in [0.05, 0.1) is 22.6 Å². The van der Waals surface area contributed by atoms with Crippen molar-refractivity contribution < 1.29 is 27.5 Å². The minimum Gasteiger partial charge on any atom is -0.461 e. The van der Waals surface area contributed by atoms with Gasteiger partial charge in [0.25, 0.3) is 5.91 Å². The van der Waals surface area contributed by atoms with Crippen LogP contribution in [-0.2, 0) is 10.9 Å². The zero-order chi connectivity index (χ0) is 22.9. The number of fused-ring (bicyclic) bond motifs is 1. The zero-order valence-electron chi connectivity index (χ0n) is 16.6. The molecule has 2 aromatic carbocycles. The Balaban J connectivity index is 1.54. The second kappa shape index (κ2) is 8.46. The molecule has 0 radical (unpaired) electrons. The highest BCUT2D eigenvalue weighted by Crippen LogP contribution is 2.32. The number of aromatic nitrogens is 2. The molecule has 0 bridgehead atoms. The van der Waals surface area contributed by atoms with E-state index < -0.39 is 23.6 Å². The number of amides is 1. The largest absolute Gasteiger partial charge is 0.461 e. The highest BCUT2D eigenvalue weighted by molar-refractivity contribution is 7.12. The van der Waals surface area contributed by atoms with E-state index in [2.05, 4.69) is 15.5 Å². The number of carbonyl (C=O) groups is 2. The number of esters is 1. The van der Waals surface area contributed by atoms with Gasteiger partial charge in [-0.2, -0.15) is 18.3 Å². The molecule has 2 aromatic heterocycles. The molecule has 4 aromatic rings. The Morgan fingerprint density at radius 2 is 1.94 bits per heavy atom. The SMILES string of the molecule is CCOC(=O)c1n[nH]c2cc(-c3csc(C(=O)Nc4cccc(C(F)(F)F)c4)c3)ccc12. The number of alkyl halides is 3. The van der Waals surface area contributed by atoms with Crippen molar-refractivity contribution >= 4 is 39.8 Å². The fourth-order valence-corrected chi connectivity index (χ4v) is 3.94. The first kappa shape index (κ1) is 21.6. The number of rotatable bonds is 5. The normalized spacial score (nSPS) is 11.5. The Morgan fingerprint density at radius 1 is 1.12 bits per heavy atom. The molecule has 0 aliphatic carbocycles. The number of anilines is 1. The molecular formula is C22H16F3N3O3S. The van der Waals surface area contributed by atoms with Gasteiger partial charge in [-0.3, -0.25) is 9.89 Å². The van der Waals surface area contributed by atoms with E-state index in [1.165, 1.54) is 23.5 Å². The minimum absolute atomic E-state index is 0.0603. The van der Waals surface area contributed by atoms with Gasteiger partial charge in [0.1, 0.15) is 0 Å². The molecule has 1 amide bonds. The third-order valence-electron chi connectivity index (χ3n) is 4.64. The predicted octanol–water partition coefficient (Wildman–Crippen LogP) is 5.74. The van der Waals surface area contributed by atoms with E-state index in [4.69, 9.17) is 4.74 Å². The molecule has 0 fully saturated rings. The molecule has 2 N–H and O–H groups in total. The maximum Gasteiger partial charge on any atom is 0.416 e. The van der Waals surface area contributed by atoms with Crippen molar-refractivity contribution in [1.29, 1.82) is 0 Å². The number of benzene rings is 2. The maximum absolute atomic E-state index is 12.9. The van der Waals surface area contributed by atoms with Gasteiger partial charge in [-0.25, -0.2) is 4.79 Å². The summed E-state index contributed by atoms with van der Waals surface area (Å²) in [5.41, 5.74) is 1.58. The van der Waals surface area contributed by atoms with Crippen LogP contribution >= 0.6 is 11.3 Å². The summed E-state index contributed by atoms with van der Waals surface area (Å²) in [6.07, 6.45) is -4.49. The summed E-state index contributed by atoms with van der Waals surface area (Å²) in [6.45, 7) is 1.95. The van der Waals surface area contributed by atoms with E-state index in [0.29, 0.717) is 15.8 Å². The van der Waals surface area contributed by atoms with Crippen molar-refractivity contribution in [3.8, 4) is 11.1 Å². The lowest BCUT2D eigenvalue weighted by Gasteiger charge is -2.09. The molecule has 0 aliphatic rings. The van der Waals surface area contributed by atoms with Crippen LogP contribution in [-0.4, -0.2) is 28.7 Å². The van der Waals surface area contributed by atoms with E-state index in [9.17, 15) is 22.8 Å². The van der Waals surface area contributed by atoms with Gasteiger partial charge in [-0.1, -0.05) is 12.1 Å². The second-order valence-corrected chi connectivity index (χ2v) is 7.70. The van der Waals surface area contributed by atoms with E-state index in [-0.39, 0.29) is 18.0 Å². The molecule has 0 saturated carbocycles. The molecule has 6 nitrogen and oxygen atoms in total. The lowest BCUT2D eigenvalue weighted by atomic mass is 10.1. The fraction of sp³-hybridized carbons (Fsp3) is 0.136. The van der Waals surface area contributed by atoms with Crippen LogP contribution in [0.5, 0.6) is 0 Å². The average molecular weight is 459 g/mol. The Hall–Kier alpha value is -3.66. The molecule has 0 spiro atoms. The second-order valence-electron chi connectivity index (χ2n) is 6.79. The molecule has 0 unspecified atom stereocenters. The number of H-pyrrole nitrogens is 1. The summed E-state index contributed by atoms with van der Waals surface area (Å²) in [5.74, 6) is -1.02. The van der Waals surface area contributed by atoms with Gasteiger partial charge in [0.15, 0.2) is 5.69 Å². The molecule has 32 heavy (non-hydrogen) atoms. The first-order valence-electron chi connectivity index (χ1n) is 9.49. The molecule has 2 heterocycles. The molecular weight excluding hydrogens is 443 g/mol. The third-order valence-corrected chi connectivity index (χ3v) is 5.56. The summed E-state index contributed by atoms with van der Waals surface area (Å²) in [4.78, 5) is 24.8. The smallest absolute Gasteiger partial charge is 0.416 e. The van der Waals surface area contributed by atoms with Gasteiger partial charge < -0.3 is 10.1 Å². The zero-order valence-corrected chi connectivity index (χ0v) is 17.4. The number of thiophene rings is 1. The first-order chi connectivity index (χ1) is 15.3. The minimum atomic E-state index is -4.49. The van der Waals surface area contributed by atoms with Gasteiger partial charge in [-0.15, -0.1) is 11.3 Å². The lowest BCUT2D eigenvalue weighted by molar-refractivity contribution is -0.137. The Morgan fingerprint density at radius 3 is 2.69 bits per heavy atom. The van der Waals surface area contributed by atoms with Crippen molar-refractivity contribution in [2.45, 2.75) is 13.1 Å². The maximum atomic E-state index is 12.9. The Kier molecular flexibility index (Phi) is 5.70. The Labute approximate surface area is 184 Å². The topological polar surface area (TPSA) is 84.1 Å². The number of carbonyl (C=O) groups excluding carboxylic acids is 2. The molecule has 0 saturated heterocycles. The van der Waals surface area contributed by atoms with Gasteiger partial charge >= 0.3 is 12.1 Å². The number of aromatic amines is 1. The van der Waals surface area contributed by atoms with Gasteiger partial charge in [0.2, 0.25) is 0 Å². The van der Waals surface area contributed by atoms with Crippen molar-refractivity contribution in [1.82, 2.24) is 10.2 Å². The van der Waals surface area contributed by atoms with Crippen LogP contribution < -0.4 is 5.32 Å². The van der Waals surface area contributed by atoms with Crippen LogP contribution in [0.2, 0.25) is 0 Å². The summed E-state index contributed by atoms with van der Waals surface area (Å²) < 4.78 is 43.6. The standard InChI is InChI=1S/C22H16F3N3O3S/c1-2-31-21(30)19-16-7-6-12(8-17(16)27-28-19)13-9-18(32-11-13)20(29)26-15-5-3-4-14(10-15)22(23,24)25/h3-11H,2H2,1H3,(H,26,29)(H,27,28). The lowest BCUT2D eigenvalue weighted by Crippen LogP contribution is -2.11. The van der Waals surface area contributed by atoms with E-state index in [1.807, 2.05) is 0 Å².